The zero-order valence-corrected chi connectivity index (χ0v) is 19.5. The molecule has 2 heterocycles. The van der Waals surface area contributed by atoms with Gasteiger partial charge in [-0.3, -0.25) is 9.69 Å². The maximum absolute atomic E-state index is 13.5. The number of H-pyrrole nitrogens is 1. The number of aromatic amines is 1. The zero-order chi connectivity index (χ0) is 23.5. The Bertz CT molecular complexity index is 1380. The first-order valence-corrected chi connectivity index (χ1v) is 11.5. The van der Waals surface area contributed by atoms with Gasteiger partial charge in [0.15, 0.2) is 5.17 Å². The fourth-order valence-electron chi connectivity index (χ4n) is 3.65. The summed E-state index contributed by atoms with van der Waals surface area (Å²) in [6, 6.07) is 22.9. The molecule has 0 aliphatic carbocycles. The van der Waals surface area contributed by atoms with Gasteiger partial charge >= 0.3 is 0 Å². The summed E-state index contributed by atoms with van der Waals surface area (Å²) in [5.41, 5.74) is 3.34. The highest BCUT2D eigenvalue weighted by atomic mass is 32.2. The highest BCUT2D eigenvalue weighted by Crippen LogP contribution is 2.37. The summed E-state index contributed by atoms with van der Waals surface area (Å²) in [6.07, 6.45) is 1.82. The van der Waals surface area contributed by atoms with Crippen LogP contribution in [0, 0.1) is 0 Å². The number of hydrogen-bond donors (Lipinski definition) is 1. The Morgan fingerprint density at radius 2 is 1.82 bits per heavy atom. The lowest BCUT2D eigenvalue weighted by molar-refractivity contribution is -0.122. The third-order valence-corrected chi connectivity index (χ3v) is 6.35. The second kappa shape index (κ2) is 9.44. The lowest BCUT2D eigenvalue weighted by Gasteiger charge is -2.14. The summed E-state index contributed by atoms with van der Waals surface area (Å²) in [4.78, 5) is 28.4. The van der Waals surface area contributed by atoms with Crippen LogP contribution in [0.3, 0.4) is 0 Å². The molecule has 1 N–H and O–H groups in total. The number of nitrogens with zero attached hydrogens (tertiary/aromatic N) is 3. The Hall–Kier alpha value is -4.04. The molecule has 1 aliphatic heterocycles. The summed E-state index contributed by atoms with van der Waals surface area (Å²) < 4.78 is 10.8. The number of methoxy groups -OCH3 is 2. The number of rotatable bonds is 6. The molecule has 0 unspecified atom stereocenters. The minimum absolute atomic E-state index is 0.141. The summed E-state index contributed by atoms with van der Waals surface area (Å²) in [5.74, 6) is 1.86. The van der Waals surface area contributed by atoms with Crippen molar-refractivity contribution in [3.05, 3.63) is 89.1 Å². The van der Waals surface area contributed by atoms with Gasteiger partial charge in [-0.1, -0.05) is 30.3 Å². The van der Waals surface area contributed by atoms with E-state index in [2.05, 4.69) is 9.97 Å². The number of carbonyl (C=O) groups is 1. The number of aliphatic imine (C=N–C) groups is 1. The second-order valence-corrected chi connectivity index (χ2v) is 8.55. The Labute approximate surface area is 201 Å². The van der Waals surface area contributed by atoms with E-state index in [4.69, 9.17) is 14.5 Å². The van der Waals surface area contributed by atoms with Crippen molar-refractivity contribution in [2.45, 2.75) is 6.54 Å². The van der Waals surface area contributed by atoms with Crippen LogP contribution in [-0.4, -0.2) is 40.2 Å². The molecular formula is C26H22N4O3S. The Morgan fingerprint density at radius 3 is 2.59 bits per heavy atom. The molecule has 1 aliphatic rings. The number of carbonyl (C=O) groups excluding carboxylic acids is 1. The quantitative estimate of drug-likeness (QED) is 0.383. The topological polar surface area (TPSA) is 79.8 Å². The molecule has 7 nitrogen and oxygen atoms in total. The van der Waals surface area contributed by atoms with Crippen LogP contribution in [-0.2, 0) is 11.3 Å². The van der Waals surface area contributed by atoms with Crippen molar-refractivity contribution < 1.29 is 14.3 Å². The number of thioether (sulfide) groups is 1. The molecule has 5 rings (SSSR count). The van der Waals surface area contributed by atoms with Crippen molar-refractivity contribution >= 4 is 45.6 Å². The third kappa shape index (κ3) is 4.40. The van der Waals surface area contributed by atoms with Gasteiger partial charge in [-0.05, 0) is 54.2 Å². The number of aromatic nitrogens is 2. The maximum Gasteiger partial charge on any atom is 0.267 e. The zero-order valence-electron chi connectivity index (χ0n) is 18.7. The minimum atomic E-state index is -0.141. The molecule has 0 saturated carbocycles. The first kappa shape index (κ1) is 21.8. The van der Waals surface area contributed by atoms with Crippen molar-refractivity contribution in [3.63, 3.8) is 0 Å². The van der Waals surface area contributed by atoms with Gasteiger partial charge in [0, 0.05) is 11.6 Å². The predicted octanol–water partition coefficient (Wildman–Crippen LogP) is 5.38. The van der Waals surface area contributed by atoms with Gasteiger partial charge in [0.2, 0.25) is 0 Å². The Morgan fingerprint density at radius 1 is 1.03 bits per heavy atom. The number of nitrogens with one attached hydrogen (secondary N) is 1. The number of amidine groups is 1. The van der Waals surface area contributed by atoms with Crippen LogP contribution < -0.4 is 9.47 Å². The number of imidazole rings is 1. The molecular weight excluding hydrogens is 448 g/mol. The summed E-state index contributed by atoms with van der Waals surface area (Å²) >= 11 is 1.33. The smallest absolute Gasteiger partial charge is 0.267 e. The Kier molecular flexibility index (Phi) is 6.05. The van der Waals surface area contributed by atoms with Crippen LogP contribution in [0.25, 0.3) is 17.1 Å². The molecule has 0 radical (unpaired) electrons. The van der Waals surface area contributed by atoms with Crippen molar-refractivity contribution in [2.24, 2.45) is 4.99 Å². The predicted molar refractivity (Wildman–Crippen MR) is 135 cm³/mol. The van der Waals surface area contributed by atoms with Crippen LogP contribution in [0.1, 0.15) is 11.4 Å². The molecule has 0 spiro atoms. The van der Waals surface area contributed by atoms with E-state index in [0.717, 1.165) is 22.3 Å². The van der Waals surface area contributed by atoms with E-state index in [9.17, 15) is 4.79 Å². The monoisotopic (exact) mass is 470 g/mol. The van der Waals surface area contributed by atoms with Gasteiger partial charge in [0.25, 0.3) is 5.91 Å². The van der Waals surface area contributed by atoms with Crippen LogP contribution in [0.15, 0.2) is 82.7 Å². The average molecular weight is 471 g/mol. The van der Waals surface area contributed by atoms with Crippen LogP contribution in [0.5, 0.6) is 11.5 Å². The molecule has 1 aromatic heterocycles. The number of fused-ring (bicyclic) bond motifs is 1. The van der Waals surface area contributed by atoms with E-state index in [1.807, 2.05) is 72.8 Å². The van der Waals surface area contributed by atoms with Gasteiger partial charge in [0.1, 0.15) is 17.3 Å². The lowest BCUT2D eigenvalue weighted by atomic mass is 10.1. The highest BCUT2D eigenvalue weighted by molar-refractivity contribution is 8.18. The minimum Gasteiger partial charge on any atom is -0.497 e. The van der Waals surface area contributed by atoms with Gasteiger partial charge in [0.05, 0.1) is 42.4 Å². The molecule has 1 saturated heterocycles. The largest absolute Gasteiger partial charge is 0.497 e. The molecule has 0 atom stereocenters. The van der Waals surface area contributed by atoms with Gasteiger partial charge in [-0.2, -0.15) is 0 Å². The standard InChI is InChI=1S/C26H22N4O3S/c1-32-19-13-12-17(22(15-19)33-2)14-23-25(31)30(26(34-23)27-18-8-4-3-5-9-18)16-24-28-20-10-6-7-11-21(20)29-24/h3-15H,16H2,1-2H3,(H,28,29)/b23-14-,27-26?. The highest BCUT2D eigenvalue weighted by Gasteiger charge is 2.34. The van der Waals surface area contributed by atoms with E-state index in [1.165, 1.54) is 11.8 Å². The third-order valence-electron chi connectivity index (χ3n) is 5.34. The van der Waals surface area contributed by atoms with Crippen molar-refractivity contribution in [1.82, 2.24) is 14.9 Å². The molecule has 34 heavy (non-hydrogen) atoms. The number of para-hydroxylation sites is 3. The van der Waals surface area contributed by atoms with Crippen LogP contribution in [0.2, 0.25) is 0 Å². The molecule has 170 valence electrons. The molecule has 0 bridgehead atoms. The van der Waals surface area contributed by atoms with E-state index < -0.39 is 0 Å². The molecule has 1 fully saturated rings. The fourth-order valence-corrected chi connectivity index (χ4v) is 4.64. The number of amides is 1. The lowest BCUT2D eigenvalue weighted by Crippen LogP contribution is -2.29. The van der Waals surface area contributed by atoms with Crippen molar-refractivity contribution in [1.29, 1.82) is 0 Å². The summed E-state index contributed by atoms with van der Waals surface area (Å²) in [6.45, 7) is 0.281. The molecule has 4 aromatic rings. The van der Waals surface area contributed by atoms with Gasteiger partial charge in [-0.25, -0.2) is 9.98 Å². The van der Waals surface area contributed by atoms with Gasteiger partial charge in [-0.15, -0.1) is 0 Å². The fraction of sp³-hybridized carbons (Fsp3) is 0.115. The Balaban J connectivity index is 1.52. The molecule has 8 heteroatoms. The van der Waals surface area contributed by atoms with Gasteiger partial charge < -0.3 is 14.5 Å². The number of hydrogen-bond acceptors (Lipinski definition) is 6. The first-order chi connectivity index (χ1) is 16.6. The summed E-state index contributed by atoms with van der Waals surface area (Å²) in [5, 5.41) is 0.593. The first-order valence-electron chi connectivity index (χ1n) is 10.7. The van der Waals surface area contributed by atoms with Crippen LogP contribution >= 0.6 is 11.8 Å². The maximum atomic E-state index is 13.5. The molecule has 1 amide bonds. The van der Waals surface area contributed by atoms with E-state index in [1.54, 1.807) is 25.2 Å². The van der Waals surface area contributed by atoms with E-state index in [-0.39, 0.29) is 12.5 Å². The number of ether oxygens (including phenoxy) is 2. The van der Waals surface area contributed by atoms with E-state index >= 15 is 0 Å². The summed E-state index contributed by atoms with van der Waals surface area (Å²) in [7, 11) is 3.20. The normalized spacial score (nSPS) is 16.1. The second-order valence-electron chi connectivity index (χ2n) is 7.54. The van der Waals surface area contributed by atoms with Crippen LogP contribution in [0.4, 0.5) is 5.69 Å². The SMILES string of the molecule is COc1ccc(/C=C2\SC(=Nc3ccccc3)N(Cc3nc4ccccc4[nH]3)C2=O)c(OC)c1. The van der Waals surface area contributed by atoms with E-state index in [0.29, 0.717) is 27.4 Å². The van der Waals surface area contributed by atoms with Crippen molar-refractivity contribution in [2.75, 3.05) is 14.2 Å². The van der Waals surface area contributed by atoms with Crippen molar-refractivity contribution in [3.8, 4) is 11.5 Å². The average Bonchev–Trinajstić information content (AvgIpc) is 3.41. The molecule has 3 aromatic carbocycles. The number of benzene rings is 3.